The van der Waals surface area contributed by atoms with E-state index < -0.39 is 22.9 Å². The molecule has 0 radical (unpaired) electrons. The Kier molecular flexibility index (Phi) is 9.14. The number of carbonyl (C=O) groups is 2. The predicted octanol–water partition coefficient (Wildman–Crippen LogP) is 4.14. The fraction of sp³-hybridized carbons (Fsp3) is 0.192. The number of hydrazone groups is 1. The lowest BCUT2D eigenvalue weighted by atomic mass is 10.2. The minimum absolute atomic E-state index is 0.0820. The first-order chi connectivity index (χ1) is 17.8. The summed E-state index contributed by atoms with van der Waals surface area (Å²) < 4.78 is 21.6. The van der Waals surface area contributed by atoms with Crippen LogP contribution in [0.1, 0.15) is 29.8 Å². The van der Waals surface area contributed by atoms with Gasteiger partial charge in [0.2, 0.25) is 0 Å². The summed E-state index contributed by atoms with van der Waals surface area (Å²) in [6.07, 6.45) is 0.481. The van der Waals surface area contributed by atoms with E-state index >= 15 is 0 Å². The Bertz CT molecular complexity index is 1270. The van der Waals surface area contributed by atoms with Crippen molar-refractivity contribution in [1.82, 2.24) is 5.43 Å². The van der Waals surface area contributed by atoms with Gasteiger partial charge in [0.15, 0.2) is 17.6 Å². The zero-order chi connectivity index (χ0) is 26.8. The molecule has 0 aromatic heterocycles. The second-order valence-corrected chi connectivity index (χ2v) is 7.50. The smallest absolute Gasteiger partial charge is 0.343 e. The lowest BCUT2D eigenvalue weighted by molar-refractivity contribution is -0.384. The van der Waals surface area contributed by atoms with Gasteiger partial charge in [0, 0.05) is 12.1 Å². The zero-order valence-electron chi connectivity index (χ0n) is 20.4. The Morgan fingerprint density at radius 2 is 1.70 bits per heavy atom. The number of methoxy groups -OCH3 is 1. The summed E-state index contributed by atoms with van der Waals surface area (Å²) in [6.45, 7) is 3.91. The number of non-ortho nitro benzene ring substituents is 1. The number of esters is 1. The number of carbonyl (C=O) groups excluding carboxylic acids is 2. The Morgan fingerprint density at radius 1 is 1.03 bits per heavy atom. The summed E-state index contributed by atoms with van der Waals surface area (Å²) >= 11 is 0. The first kappa shape index (κ1) is 26.7. The van der Waals surface area contributed by atoms with E-state index in [4.69, 9.17) is 18.9 Å². The van der Waals surface area contributed by atoms with Crippen molar-refractivity contribution >= 4 is 23.8 Å². The molecule has 0 saturated heterocycles. The number of hydrogen-bond donors (Lipinski definition) is 1. The van der Waals surface area contributed by atoms with Crippen molar-refractivity contribution in [1.29, 1.82) is 0 Å². The molecule has 0 saturated carbocycles. The van der Waals surface area contributed by atoms with Crippen LogP contribution in [0.25, 0.3) is 0 Å². The lowest BCUT2D eigenvalue weighted by Gasteiger charge is -2.12. The van der Waals surface area contributed by atoms with E-state index in [1.807, 2.05) is 6.92 Å². The van der Waals surface area contributed by atoms with Gasteiger partial charge < -0.3 is 18.9 Å². The quantitative estimate of drug-likeness (QED) is 0.134. The number of nitrogens with one attached hydrogen (secondary N) is 1. The van der Waals surface area contributed by atoms with Crippen molar-refractivity contribution in [2.24, 2.45) is 5.10 Å². The molecule has 1 N–H and O–H groups in total. The monoisotopic (exact) mass is 507 g/mol. The minimum Gasteiger partial charge on any atom is -0.494 e. The van der Waals surface area contributed by atoms with Crippen LogP contribution in [-0.4, -0.2) is 42.8 Å². The highest BCUT2D eigenvalue weighted by Gasteiger charge is 2.16. The molecular weight excluding hydrogens is 482 g/mol. The number of benzene rings is 3. The highest BCUT2D eigenvalue weighted by atomic mass is 16.6. The molecule has 0 fully saturated rings. The fourth-order valence-electron chi connectivity index (χ4n) is 3.03. The molecule has 0 heterocycles. The van der Waals surface area contributed by atoms with E-state index in [-0.39, 0.29) is 11.4 Å². The highest BCUT2D eigenvalue weighted by molar-refractivity contribution is 5.92. The van der Waals surface area contributed by atoms with Crippen LogP contribution in [-0.2, 0) is 4.79 Å². The predicted molar refractivity (Wildman–Crippen MR) is 134 cm³/mol. The van der Waals surface area contributed by atoms with Gasteiger partial charge in [0.25, 0.3) is 11.6 Å². The van der Waals surface area contributed by atoms with E-state index in [9.17, 15) is 19.7 Å². The Hall–Kier alpha value is -4.93. The van der Waals surface area contributed by atoms with Gasteiger partial charge in [0.05, 0.1) is 30.4 Å². The SMILES string of the molecule is CCOc1ccc(C(=O)Oc2ccc(/C=N\NC(=O)[C@H](C)Oc3ccc([N+](=O)[O-])cc3)cc2OC)cc1. The summed E-state index contributed by atoms with van der Waals surface area (Å²) in [4.78, 5) is 34.9. The second kappa shape index (κ2) is 12.7. The number of nitro benzene ring substituents is 1. The molecule has 3 aromatic carbocycles. The number of rotatable bonds is 11. The zero-order valence-corrected chi connectivity index (χ0v) is 20.4. The van der Waals surface area contributed by atoms with Gasteiger partial charge in [-0.25, -0.2) is 10.2 Å². The number of amides is 1. The van der Waals surface area contributed by atoms with Gasteiger partial charge in [-0.2, -0.15) is 5.10 Å². The molecular formula is C26H25N3O8. The largest absolute Gasteiger partial charge is 0.494 e. The molecule has 37 heavy (non-hydrogen) atoms. The third-order valence-corrected chi connectivity index (χ3v) is 4.91. The van der Waals surface area contributed by atoms with E-state index in [0.29, 0.717) is 35.0 Å². The maximum Gasteiger partial charge on any atom is 0.343 e. The van der Waals surface area contributed by atoms with Crippen LogP contribution in [0.5, 0.6) is 23.0 Å². The van der Waals surface area contributed by atoms with Gasteiger partial charge in [-0.1, -0.05) is 0 Å². The maximum atomic E-state index is 12.5. The van der Waals surface area contributed by atoms with Crippen molar-refractivity contribution in [3.05, 3.63) is 88.0 Å². The minimum atomic E-state index is -0.905. The molecule has 192 valence electrons. The Balaban J connectivity index is 1.57. The van der Waals surface area contributed by atoms with Gasteiger partial charge in [-0.15, -0.1) is 0 Å². The first-order valence-electron chi connectivity index (χ1n) is 11.2. The van der Waals surface area contributed by atoms with Crippen LogP contribution in [0, 0.1) is 10.1 Å². The molecule has 0 aliphatic heterocycles. The Labute approximate surface area is 212 Å². The molecule has 11 heteroatoms. The van der Waals surface area contributed by atoms with Crippen molar-refractivity contribution in [3.8, 4) is 23.0 Å². The average molecular weight is 507 g/mol. The highest BCUT2D eigenvalue weighted by Crippen LogP contribution is 2.28. The van der Waals surface area contributed by atoms with Crippen LogP contribution < -0.4 is 24.4 Å². The molecule has 1 amide bonds. The summed E-state index contributed by atoms with van der Waals surface area (Å²) in [5, 5.41) is 14.6. The fourth-order valence-corrected chi connectivity index (χ4v) is 3.03. The molecule has 11 nitrogen and oxygen atoms in total. The van der Waals surface area contributed by atoms with E-state index in [1.54, 1.807) is 42.5 Å². The molecule has 1 atom stereocenters. The van der Waals surface area contributed by atoms with Crippen molar-refractivity contribution in [2.45, 2.75) is 20.0 Å². The number of hydrogen-bond acceptors (Lipinski definition) is 9. The molecule has 0 bridgehead atoms. The summed E-state index contributed by atoms with van der Waals surface area (Å²) in [7, 11) is 1.43. The van der Waals surface area contributed by atoms with E-state index in [1.165, 1.54) is 44.5 Å². The Morgan fingerprint density at radius 3 is 2.32 bits per heavy atom. The molecule has 0 aliphatic carbocycles. The second-order valence-electron chi connectivity index (χ2n) is 7.50. The van der Waals surface area contributed by atoms with Crippen molar-refractivity contribution in [2.75, 3.05) is 13.7 Å². The third kappa shape index (κ3) is 7.52. The van der Waals surface area contributed by atoms with Gasteiger partial charge >= 0.3 is 5.97 Å². The normalized spacial score (nSPS) is 11.4. The topological polar surface area (TPSA) is 139 Å². The van der Waals surface area contributed by atoms with Crippen LogP contribution in [0.2, 0.25) is 0 Å². The van der Waals surface area contributed by atoms with Crippen LogP contribution in [0.4, 0.5) is 5.69 Å². The van der Waals surface area contributed by atoms with Gasteiger partial charge in [0.1, 0.15) is 11.5 Å². The molecule has 0 unspecified atom stereocenters. The van der Waals surface area contributed by atoms with Crippen LogP contribution in [0.15, 0.2) is 71.8 Å². The summed E-state index contributed by atoms with van der Waals surface area (Å²) in [6, 6.07) is 16.7. The molecule has 0 aliphatic rings. The summed E-state index contributed by atoms with van der Waals surface area (Å²) in [5.74, 6) is 0.383. The third-order valence-electron chi connectivity index (χ3n) is 4.91. The van der Waals surface area contributed by atoms with Gasteiger partial charge in [-0.05, 0) is 74.0 Å². The average Bonchev–Trinajstić information content (AvgIpc) is 2.90. The first-order valence-corrected chi connectivity index (χ1v) is 11.2. The molecule has 3 rings (SSSR count). The van der Waals surface area contributed by atoms with Crippen molar-refractivity contribution in [3.63, 3.8) is 0 Å². The molecule has 3 aromatic rings. The maximum absolute atomic E-state index is 12.5. The lowest BCUT2D eigenvalue weighted by Crippen LogP contribution is -2.33. The van der Waals surface area contributed by atoms with E-state index in [2.05, 4.69) is 10.5 Å². The summed E-state index contributed by atoms with van der Waals surface area (Å²) in [5.41, 5.74) is 3.20. The van der Waals surface area contributed by atoms with Crippen LogP contribution >= 0.6 is 0 Å². The van der Waals surface area contributed by atoms with Gasteiger partial charge in [-0.3, -0.25) is 14.9 Å². The number of ether oxygens (including phenoxy) is 4. The standard InChI is InChI=1S/C26H25N3O8/c1-4-35-21-10-6-19(7-11-21)26(31)37-23-14-5-18(15-24(23)34-3)16-27-28-25(30)17(2)36-22-12-8-20(9-13-22)29(32)33/h5-17H,4H2,1-3H3,(H,28,30)/b27-16-/t17-/m0/s1. The molecule has 0 spiro atoms. The number of nitrogens with zero attached hydrogens (tertiary/aromatic N) is 2. The van der Waals surface area contributed by atoms with E-state index in [0.717, 1.165) is 0 Å². The van der Waals surface area contributed by atoms with Crippen LogP contribution in [0.3, 0.4) is 0 Å². The van der Waals surface area contributed by atoms with Crippen molar-refractivity contribution < 1.29 is 33.5 Å². The number of nitro groups is 1.